The fraction of sp³-hybridized carbons (Fsp3) is 0.409. The third-order valence-electron chi connectivity index (χ3n) is 5.30. The first-order valence-corrected chi connectivity index (χ1v) is 11.5. The van der Waals surface area contributed by atoms with E-state index in [-0.39, 0.29) is 10.8 Å². The normalized spacial score (nSPS) is 14.7. The Morgan fingerprint density at radius 2 is 1.72 bits per heavy atom. The van der Waals surface area contributed by atoms with Gasteiger partial charge in [0.1, 0.15) is 0 Å². The van der Waals surface area contributed by atoms with Gasteiger partial charge >= 0.3 is 0 Å². The van der Waals surface area contributed by atoms with Crippen molar-refractivity contribution in [1.82, 2.24) is 10.2 Å². The summed E-state index contributed by atoms with van der Waals surface area (Å²) in [5.41, 5.74) is 1.71. The van der Waals surface area contributed by atoms with Crippen LogP contribution in [-0.2, 0) is 10.0 Å². The Morgan fingerprint density at radius 3 is 2.41 bits per heavy atom. The molecule has 29 heavy (non-hydrogen) atoms. The second-order valence-electron chi connectivity index (χ2n) is 7.46. The van der Waals surface area contributed by atoms with Crippen LogP contribution in [0.15, 0.2) is 53.4 Å². The van der Waals surface area contributed by atoms with E-state index in [1.807, 2.05) is 6.92 Å². The van der Waals surface area contributed by atoms with Crippen LogP contribution in [0.5, 0.6) is 0 Å². The summed E-state index contributed by atoms with van der Waals surface area (Å²) in [6, 6.07) is 13.5. The molecule has 0 saturated carbocycles. The van der Waals surface area contributed by atoms with E-state index in [2.05, 4.69) is 10.2 Å². The molecule has 3 rings (SSSR count). The van der Waals surface area contributed by atoms with E-state index in [1.54, 1.807) is 48.5 Å². The van der Waals surface area contributed by atoms with Crippen LogP contribution in [0, 0.1) is 6.92 Å². The molecule has 6 nitrogen and oxygen atoms in total. The highest BCUT2D eigenvalue weighted by Gasteiger charge is 2.25. The van der Waals surface area contributed by atoms with Crippen LogP contribution in [0.4, 0.5) is 5.69 Å². The second-order valence-corrected chi connectivity index (χ2v) is 9.43. The Balaban J connectivity index is 1.70. The van der Waals surface area contributed by atoms with Crippen LogP contribution in [0.25, 0.3) is 0 Å². The van der Waals surface area contributed by atoms with E-state index in [4.69, 9.17) is 0 Å². The van der Waals surface area contributed by atoms with Crippen LogP contribution >= 0.6 is 0 Å². The zero-order chi connectivity index (χ0) is 20.9. The third-order valence-corrected chi connectivity index (χ3v) is 7.09. The second kappa shape index (κ2) is 9.41. The number of anilines is 1. The third kappa shape index (κ3) is 5.16. The van der Waals surface area contributed by atoms with Gasteiger partial charge in [-0.3, -0.25) is 9.10 Å². The highest BCUT2D eigenvalue weighted by Crippen LogP contribution is 2.26. The van der Waals surface area contributed by atoms with Gasteiger partial charge in [-0.1, -0.05) is 29.8 Å². The van der Waals surface area contributed by atoms with Crippen molar-refractivity contribution in [3.63, 3.8) is 0 Å². The van der Waals surface area contributed by atoms with Crippen molar-refractivity contribution in [1.29, 1.82) is 0 Å². The van der Waals surface area contributed by atoms with Gasteiger partial charge in [-0.15, -0.1) is 0 Å². The summed E-state index contributed by atoms with van der Waals surface area (Å²) in [4.78, 5) is 15.3. The van der Waals surface area contributed by atoms with E-state index >= 15 is 0 Å². The zero-order valence-electron chi connectivity index (χ0n) is 17.1. The molecule has 1 aliphatic heterocycles. The molecule has 2 aromatic carbocycles. The lowest BCUT2D eigenvalue weighted by Gasteiger charge is -2.22. The van der Waals surface area contributed by atoms with Crippen LogP contribution in [0.3, 0.4) is 0 Å². The van der Waals surface area contributed by atoms with Crippen molar-refractivity contribution >= 4 is 21.6 Å². The first-order valence-electron chi connectivity index (χ1n) is 10.0. The minimum Gasteiger partial charge on any atom is -0.352 e. The number of nitrogens with zero attached hydrogens (tertiary/aromatic N) is 2. The molecule has 0 spiro atoms. The summed E-state index contributed by atoms with van der Waals surface area (Å²) in [6.07, 6.45) is 3.38. The molecule has 1 amide bonds. The molecule has 7 heteroatoms. The molecular formula is C22H29N3O3S. The van der Waals surface area contributed by atoms with Crippen molar-refractivity contribution in [2.45, 2.75) is 31.1 Å². The Hall–Kier alpha value is -2.38. The van der Waals surface area contributed by atoms with Crippen molar-refractivity contribution in [3.05, 3.63) is 59.7 Å². The zero-order valence-corrected chi connectivity index (χ0v) is 17.9. The molecule has 0 radical (unpaired) electrons. The van der Waals surface area contributed by atoms with Crippen molar-refractivity contribution in [2.24, 2.45) is 0 Å². The number of sulfonamides is 1. The minimum absolute atomic E-state index is 0.200. The lowest BCUT2D eigenvalue weighted by atomic mass is 10.1. The summed E-state index contributed by atoms with van der Waals surface area (Å²) in [5, 5.41) is 2.93. The lowest BCUT2D eigenvalue weighted by Crippen LogP contribution is -2.32. The fourth-order valence-corrected chi connectivity index (χ4v) is 4.76. The molecule has 0 atom stereocenters. The van der Waals surface area contributed by atoms with Crippen molar-refractivity contribution < 1.29 is 13.2 Å². The molecule has 1 heterocycles. The number of benzene rings is 2. The molecule has 156 valence electrons. The molecule has 1 saturated heterocycles. The smallest absolute Gasteiger partial charge is 0.264 e. The van der Waals surface area contributed by atoms with Gasteiger partial charge in [0.2, 0.25) is 0 Å². The molecule has 1 fully saturated rings. The number of hydrogen-bond donors (Lipinski definition) is 1. The van der Waals surface area contributed by atoms with Crippen LogP contribution in [0.2, 0.25) is 0 Å². The van der Waals surface area contributed by atoms with Crippen LogP contribution < -0.4 is 9.62 Å². The van der Waals surface area contributed by atoms with Crippen LogP contribution in [-0.4, -0.2) is 52.5 Å². The minimum atomic E-state index is -3.75. The van der Waals surface area contributed by atoms with Gasteiger partial charge in [-0.2, -0.15) is 0 Å². The number of rotatable bonds is 8. The predicted molar refractivity (Wildman–Crippen MR) is 116 cm³/mol. The van der Waals surface area contributed by atoms with E-state index < -0.39 is 10.0 Å². The summed E-state index contributed by atoms with van der Waals surface area (Å²) in [7, 11) is -2.27. The van der Waals surface area contributed by atoms with E-state index in [0.29, 0.717) is 17.8 Å². The number of carbonyl (C=O) groups is 1. The lowest BCUT2D eigenvalue weighted by molar-refractivity contribution is 0.0952. The molecular weight excluding hydrogens is 386 g/mol. The Labute approximate surface area is 173 Å². The summed E-state index contributed by atoms with van der Waals surface area (Å²) in [5.74, 6) is -0.257. The van der Waals surface area contributed by atoms with Gasteiger partial charge in [0.25, 0.3) is 15.9 Å². The summed E-state index contributed by atoms with van der Waals surface area (Å²) in [6.45, 7) is 5.72. The highest BCUT2D eigenvalue weighted by molar-refractivity contribution is 7.92. The van der Waals surface area contributed by atoms with E-state index in [9.17, 15) is 13.2 Å². The van der Waals surface area contributed by atoms with Crippen molar-refractivity contribution in [3.8, 4) is 0 Å². The number of aryl methyl sites for hydroxylation is 1. The predicted octanol–water partition coefficient (Wildman–Crippen LogP) is 3.04. The first kappa shape index (κ1) is 21.3. The van der Waals surface area contributed by atoms with Crippen LogP contribution in [0.1, 0.15) is 35.2 Å². The largest absolute Gasteiger partial charge is 0.352 e. The Kier molecular flexibility index (Phi) is 6.92. The number of carbonyl (C=O) groups excluding carboxylic acids is 1. The van der Waals surface area contributed by atoms with Gasteiger partial charge in [-0.25, -0.2) is 8.42 Å². The molecule has 2 aromatic rings. The van der Waals surface area contributed by atoms with E-state index in [0.717, 1.165) is 31.6 Å². The molecule has 0 aliphatic carbocycles. The first-order chi connectivity index (χ1) is 13.9. The molecule has 1 N–H and O–H groups in total. The van der Waals surface area contributed by atoms with Gasteiger partial charge in [0, 0.05) is 13.6 Å². The maximum atomic E-state index is 13.0. The molecule has 0 bridgehead atoms. The summed E-state index contributed by atoms with van der Waals surface area (Å²) >= 11 is 0. The maximum absolute atomic E-state index is 13.0. The Morgan fingerprint density at radius 1 is 1.07 bits per heavy atom. The monoisotopic (exact) mass is 415 g/mol. The molecule has 0 aromatic heterocycles. The molecule has 0 unspecified atom stereocenters. The average molecular weight is 416 g/mol. The number of likely N-dealkylation sites (tertiary alicyclic amines) is 1. The van der Waals surface area contributed by atoms with Gasteiger partial charge in [0.05, 0.1) is 16.1 Å². The van der Waals surface area contributed by atoms with Gasteiger partial charge < -0.3 is 10.2 Å². The average Bonchev–Trinajstić information content (AvgIpc) is 3.24. The maximum Gasteiger partial charge on any atom is 0.264 e. The van der Waals surface area contributed by atoms with Gasteiger partial charge in [-0.05, 0) is 70.1 Å². The van der Waals surface area contributed by atoms with Gasteiger partial charge in [0.15, 0.2) is 0 Å². The quantitative estimate of drug-likeness (QED) is 0.673. The highest BCUT2D eigenvalue weighted by atomic mass is 32.2. The standard InChI is InChI=1S/C22H29N3O3S/c1-18-10-12-19(13-11-18)29(27,28)24(2)21-9-4-3-8-20(21)22(26)23-14-7-17-25-15-5-6-16-25/h3-4,8-13H,5-7,14-17H2,1-2H3,(H,23,26). The Bertz CT molecular complexity index is 936. The number of amides is 1. The van der Waals surface area contributed by atoms with E-state index in [1.165, 1.54) is 24.2 Å². The van der Waals surface area contributed by atoms with Crippen molar-refractivity contribution in [2.75, 3.05) is 37.5 Å². The number of para-hydroxylation sites is 1. The number of hydrogen-bond acceptors (Lipinski definition) is 4. The summed E-state index contributed by atoms with van der Waals surface area (Å²) < 4.78 is 27.2. The SMILES string of the molecule is Cc1ccc(S(=O)(=O)N(C)c2ccccc2C(=O)NCCCN2CCCC2)cc1. The fourth-order valence-electron chi connectivity index (χ4n) is 3.54. The number of nitrogens with one attached hydrogen (secondary N) is 1. The molecule has 1 aliphatic rings. The topological polar surface area (TPSA) is 69.7 Å².